The molecule has 3 aromatic carbocycles. The summed E-state index contributed by atoms with van der Waals surface area (Å²) in [6.45, 7) is 1.43. The molecule has 1 N–H and O–H groups in total. The second-order valence-corrected chi connectivity index (χ2v) is 10.9. The molecule has 0 amide bonds. The van der Waals surface area contributed by atoms with Crippen LogP contribution in [0.1, 0.15) is 12.6 Å². The molecule has 0 fully saturated rings. The van der Waals surface area contributed by atoms with Crippen molar-refractivity contribution in [2.24, 2.45) is 0 Å². The summed E-state index contributed by atoms with van der Waals surface area (Å²) < 4.78 is 71.6. The van der Waals surface area contributed by atoms with Crippen molar-refractivity contribution in [3.8, 4) is 22.6 Å². The smallest absolute Gasteiger partial charge is 0.266 e. The van der Waals surface area contributed by atoms with Crippen molar-refractivity contribution in [1.29, 1.82) is 0 Å². The fourth-order valence-corrected chi connectivity index (χ4v) is 5.54. The Morgan fingerprint density at radius 3 is 2.66 bits per heavy atom. The number of rotatable bonds is 8. The highest BCUT2D eigenvalue weighted by molar-refractivity contribution is 7.93. The van der Waals surface area contributed by atoms with Crippen LogP contribution in [-0.2, 0) is 21.2 Å². The van der Waals surface area contributed by atoms with Crippen LogP contribution in [0.3, 0.4) is 0 Å². The molecule has 0 aliphatic heterocycles. The number of Topliss-reactive ketones (excluding diaryl/α,β-unsaturated/α-hetero) is 1. The Morgan fingerprint density at radius 1 is 1.11 bits per heavy atom. The van der Waals surface area contributed by atoms with Crippen LogP contribution in [0.4, 0.5) is 13.9 Å². The molecule has 0 spiro atoms. The van der Waals surface area contributed by atoms with Crippen LogP contribution in [-0.4, -0.2) is 28.7 Å². The molecular formula is C24H15ClF2N4O5S2. The van der Waals surface area contributed by atoms with Crippen LogP contribution in [0.5, 0.6) is 11.5 Å². The monoisotopic (exact) mass is 576 g/mol. The Balaban J connectivity index is 1.51. The lowest BCUT2D eigenvalue weighted by molar-refractivity contribution is -0.116. The van der Waals surface area contributed by atoms with E-state index in [1.54, 1.807) is 24.3 Å². The Hall–Kier alpha value is -3.94. The fraction of sp³-hybridized carbons (Fsp3) is 0.0833. The van der Waals surface area contributed by atoms with E-state index in [-0.39, 0.29) is 23.1 Å². The van der Waals surface area contributed by atoms with Gasteiger partial charge in [-0.25, -0.2) is 22.2 Å². The maximum Gasteiger partial charge on any atom is 0.266 e. The number of hydrogen-bond acceptors (Lipinski definition) is 9. The van der Waals surface area contributed by atoms with Crippen LogP contribution in [0.15, 0.2) is 64.3 Å². The molecule has 0 saturated carbocycles. The third-order valence-electron chi connectivity index (χ3n) is 5.29. The van der Waals surface area contributed by atoms with Gasteiger partial charge in [0.1, 0.15) is 28.6 Å². The number of sulfonamides is 1. The molecule has 0 bridgehead atoms. The minimum atomic E-state index is -4.48. The first kappa shape index (κ1) is 25.7. The number of fused-ring (bicyclic) bond motifs is 1. The van der Waals surface area contributed by atoms with Gasteiger partial charge in [-0.3, -0.25) is 9.52 Å². The Morgan fingerprint density at radius 2 is 1.92 bits per heavy atom. The maximum atomic E-state index is 15.0. The van der Waals surface area contributed by atoms with Gasteiger partial charge in [0.2, 0.25) is 5.13 Å². The summed E-state index contributed by atoms with van der Waals surface area (Å²) >= 11 is 6.94. The van der Waals surface area contributed by atoms with Crippen molar-refractivity contribution < 1.29 is 31.3 Å². The zero-order valence-electron chi connectivity index (χ0n) is 19.2. The number of benzene rings is 3. The molecule has 194 valence electrons. The van der Waals surface area contributed by atoms with E-state index in [1.165, 1.54) is 19.1 Å². The highest BCUT2D eigenvalue weighted by atomic mass is 35.5. The van der Waals surface area contributed by atoms with Crippen molar-refractivity contribution in [2.45, 2.75) is 18.2 Å². The first-order valence-corrected chi connectivity index (χ1v) is 13.4. The summed E-state index contributed by atoms with van der Waals surface area (Å²) in [5, 5.41) is 4.78. The van der Waals surface area contributed by atoms with E-state index in [0.29, 0.717) is 44.9 Å². The molecule has 0 aliphatic carbocycles. The van der Waals surface area contributed by atoms with Crippen molar-refractivity contribution in [1.82, 2.24) is 14.5 Å². The van der Waals surface area contributed by atoms with Crippen molar-refractivity contribution >= 4 is 55.0 Å². The maximum absolute atomic E-state index is 15.0. The highest BCUT2D eigenvalue weighted by Crippen LogP contribution is 2.38. The van der Waals surface area contributed by atoms with Gasteiger partial charge in [-0.1, -0.05) is 22.8 Å². The van der Waals surface area contributed by atoms with E-state index in [0.717, 1.165) is 17.9 Å². The average Bonchev–Trinajstić information content (AvgIpc) is 3.51. The molecule has 0 aliphatic rings. The van der Waals surface area contributed by atoms with Gasteiger partial charge in [0.05, 0.1) is 12.1 Å². The summed E-state index contributed by atoms with van der Waals surface area (Å²) in [6.07, 6.45) is 1.19. The summed E-state index contributed by atoms with van der Waals surface area (Å²) in [5.41, 5.74) is 1.90. The van der Waals surface area contributed by atoms with E-state index in [4.69, 9.17) is 20.9 Å². The summed E-state index contributed by atoms with van der Waals surface area (Å²) in [5.74, 6) is -2.90. The zero-order chi connectivity index (χ0) is 27.0. The van der Waals surface area contributed by atoms with Gasteiger partial charge in [0.25, 0.3) is 10.0 Å². The standard InChI is InChI=1S/C24H15ClF2N4O5S2/c1-12(32)6-19-16-7-13(2-4-21(16)36-30-19)15-8-14(25)3-5-20(15)35-22-9-18(27)23(10-17(22)26)38(33,34)31-24-28-11-29-37-24/h2-5,7-11H,6H2,1H3,(H,28,29,31). The molecular weight excluding hydrogens is 562 g/mol. The topological polar surface area (TPSA) is 124 Å². The average molecular weight is 577 g/mol. The van der Waals surface area contributed by atoms with E-state index >= 15 is 0 Å². The van der Waals surface area contributed by atoms with Gasteiger partial charge in [-0.15, -0.1) is 0 Å². The molecule has 0 unspecified atom stereocenters. The lowest BCUT2D eigenvalue weighted by Crippen LogP contribution is -2.15. The predicted molar refractivity (Wildman–Crippen MR) is 136 cm³/mol. The first-order chi connectivity index (χ1) is 18.1. The second kappa shape index (κ2) is 10.1. The lowest BCUT2D eigenvalue weighted by atomic mass is 10.0. The molecule has 5 rings (SSSR count). The number of ketones is 1. The third kappa shape index (κ3) is 5.21. The second-order valence-electron chi connectivity index (χ2n) is 8.03. The van der Waals surface area contributed by atoms with Crippen molar-refractivity contribution in [3.63, 3.8) is 0 Å². The molecule has 9 nitrogen and oxygen atoms in total. The quantitative estimate of drug-likeness (QED) is 0.238. The predicted octanol–water partition coefficient (Wildman–Crippen LogP) is 6.00. The van der Waals surface area contributed by atoms with E-state index < -0.39 is 32.3 Å². The number of nitrogens with zero attached hydrogens (tertiary/aromatic N) is 3. The van der Waals surface area contributed by atoms with Crippen LogP contribution in [0.2, 0.25) is 5.02 Å². The van der Waals surface area contributed by atoms with Crippen LogP contribution >= 0.6 is 23.1 Å². The highest BCUT2D eigenvalue weighted by Gasteiger charge is 2.24. The summed E-state index contributed by atoms with van der Waals surface area (Å²) in [4.78, 5) is 14.3. The summed E-state index contributed by atoms with van der Waals surface area (Å²) in [6, 6.07) is 10.7. The van der Waals surface area contributed by atoms with E-state index in [1.807, 2.05) is 4.72 Å². The minimum absolute atomic E-state index is 0.0724. The Bertz CT molecular complexity index is 1790. The summed E-state index contributed by atoms with van der Waals surface area (Å²) in [7, 11) is -4.48. The fourth-order valence-electron chi connectivity index (χ4n) is 3.64. The largest absolute Gasteiger partial charge is 0.454 e. The molecule has 5 aromatic rings. The number of halogens is 3. The number of carbonyl (C=O) groups is 1. The normalized spacial score (nSPS) is 11.6. The van der Waals surface area contributed by atoms with Gasteiger partial charge < -0.3 is 9.26 Å². The SMILES string of the molecule is CC(=O)Cc1noc2ccc(-c3cc(Cl)ccc3Oc3cc(F)c(S(=O)(=O)Nc4ncns4)cc3F)cc12. The molecule has 0 atom stereocenters. The van der Waals surface area contributed by atoms with Gasteiger partial charge in [-0.2, -0.15) is 4.37 Å². The number of ether oxygens (including phenoxy) is 1. The van der Waals surface area contributed by atoms with Crippen LogP contribution < -0.4 is 9.46 Å². The van der Waals surface area contributed by atoms with Gasteiger partial charge in [-0.05, 0) is 42.8 Å². The van der Waals surface area contributed by atoms with Crippen LogP contribution in [0, 0.1) is 11.6 Å². The number of aromatic nitrogens is 3. The number of anilines is 1. The molecule has 0 radical (unpaired) electrons. The molecule has 0 saturated heterocycles. The Kier molecular flexibility index (Phi) is 6.82. The molecule has 2 aromatic heterocycles. The zero-order valence-corrected chi connectivity index (χ0v) is 21.6. The van der Waals surface area contributed by atoms with Crippen molar-refractivity contribution in [3.05, 3.63) is 77.2 Å². The van der Waals surface area contributed by atoms with Gasteiger partial charge in [0, 0.05) is 39.6 Å². The molecule has 38 heavy (non-hydrogen) atoms. The van der Waals surface area contributed by atoms with Crippen molar-refractivity contribution in [2.75, 3.05) is 4.72 Å². The third-order valence-corrected chi connectivity index (χ3v) is 7.59. The van der Waals surface area contributed by atoms with E-state index in [9.17, 15) is 22.0 Å². The van der Waals surface area contributed by atoms with E-state index in [2.05, 4.69) is 14.5 Å². The number of carbonyl (C=O) groups excluding carboxylic acids is 1. The number of hydrogen-bond donors (Lipinski definition) is 1. The van der Waals surface area contributed by atoms with Gasteiger partial charge >= 0.3 is 0 Å². The molecule has 14 heteroatoms. The molecule has 2 heterocycles. The van der Waals surface area contributed by atoms with Crippen LogP contribution in [0.25, 0.3) is 22.1 Å². The van der Waals surface area contributed by atoms with Gasteiger partial charge in [0.15, 0.2) is 17.1 Å². The Labute approximate surface area is 223 Å². The minimum Gasteiger partial charge on any atom is -0.454 e. The first-order valence-electron chi connectivity index (χ1n) is 10.7. The lowest BCUT2D eigenvalue weighted by Gasteiger charge is -2.14. The number of nitrogens with one attached hydrogen (secondary N) is 1.